The summed E-state index contributed by atoms with van der Waals surface area (Å²) in [5.74, 6) is 0.0594. The number of nitro groups is 1. The predicted octanol–water partition coefficient (Wildman–Crippen LogP) is 2.82. The number of thioether (sulfide) groups is 1. The lowest BCUT2D eigenvalue weighted by Gasteiger charge is -2.05. The van der Waals surface area contributed by atoms with Gasteiger partial charge in [0, 0.05) is 23.4 Å². The van der Waals surface area contributed by atoms with Gasteiger partial charge in [0.05, 0.1) is 10.3 Å². The average Bonchev–Trinajstić information content (AvgIpc) is 2.29. The molecule has 1 aromatic carbocycles. The maximum atomic E-state index is 11.3. The normalized spacial score (nSPS) is 10.1. The Bertz CT molecular complexity index is 423. The Morgan fingerprint density at radius 1 is 1.56 bits per heavy atom. The molecular formula is C10H10BrNO3S. The summed E-state index contributed by atoms with van der Waals surface area (Å²) < 4.78 is 0. The van der Waals surface area contributed by atoms with Gasteiger partial charge in [0.1, 0.15) is 5.78 Å². The summed E-state index contributed by atoms with van der Waals surface area (Å²) in [4.78, 5) is 22.2. The minimum absolute atomic E-state index is 0.0550. The highest BCUT2D eigenvalue weighted by Gasteiger charge is 2.12. The lowest BCUT2D eigenvalue weighted by atomic mass is 10.1. The SMILES string of the molecule is CSc1cc([N+](=O)[O-])ccc1CC(=O)CBr. The molecule has 6 heteroatoms. The Morgan fingerprint density at radius 2 is 2.25 bits per heavy atom. The second kappa shape index (κ2) is 6.00. The molecule has 0 spiro atoms. The molecule has 0 aliphatic heterocycles. The van der Waals surface area contributed by atoms with Crippen molar-refractivity contribution in [1.82, 2.24) is 0 Å². The second-order valence-electron chi connectivity index (χ2n) is 3.10. The number of Topliss-reactive ketones (excluding diaryl/α,β-unsaturated/α-hetero) is 1. The Hall–Kier alpha value is -0.880. The van der Waals surface area contributed by atoms with Crippen LogP contribution in [0.15, 0.2) is 23.1 Å². The van der Waals surface area contributed by atoms with Gasteiger partial charge in [-0.15, -0.1) is 11.8 Å². The summed E-state index contributed by atoms with van der Waals surface area (Å²) >= 11 is 4.50. The molecule has 0 aromatic heterocycles. The first-order valence-electron chi connectivity index (χ1n) is 4.47. The van der Waals surface area contributed by atoms with E-state index in [1.54, 1.807) is 6.07 Å². The van der Waals surface area contributed by atoms with Crippen LogP contribution in [0.1, 0.15) is 5.56 Å². The van der Waals surface area contributed by atoms with Crippen LogP contribution >= 0.6 is 27.7 Å². The molecule has 0 saturated heterocycles. The number of non-ortho nitro benzene ring substituents is 1. The molecule has 0 saturated carbocycles. The fourth-order valence-electron chi connectivity index (χ4n) is 1.25. The number of rotatable bonds is 5. The van der Waals surface area contributed by atoms with Crippen molar-refractivity contribution in [3.8, 4) is 0 Å². The van der Waals surface area contributed by atoms with Crippen LogP contribution in [-0.2, 0) is 11.2 Å². The van der Waals surface area contributed by atoms with Crippen LogP contribution in [0, 0.1) is 10.1 Å². The number of nitro benzene ring substituents is 1. The van der Waals surface area contributed by atoms with Gasteiger partial charge in [-0.1, -0.05) is 22.0 Å². The number of benzene rings is 1. The van der Waals surface area contributed by atoms with E-state index >= 15 is 0 Å². The Labute approximate surface area is 106 Å². The Morgan fingerprint density at radius 3 is 2.75 bits per heavy atom. The lowest BCUT2D eigenvalue weighted by molar-refractivity contribution is -0.385. The number of alkyl halides is 1. The lowest BCUT2D eigenvalue weighted by Crippen LogP contribution is -2.04. The molecule has 0 atom stereocenters. The second-order valence-corrected chi connectivity index (χ2v) is 4.51. The quantitative estimate of drug-likeness (QED) is 0.363. The first-order chi connectivity index (χ1) is 7.58. The highest BCUT2D eigenvalue weighted by atomic mass is 79.9. The standard InChI is InChI=1S/C10H10BrNO3S/c1-16-10-5-8(12(14)15)3-2-7(10)4-9(13)6-11/h2-3,5H,4,6H2,1H3. The number of nitrogens with zero attached hydrogens (tertiary/aromatic N) is 1. The van der Waals surface area contributed by atoms with Gasteiger partial charge >= 0.3 is 0 Å². The van der Waals surface area contributed by atoms with Crippen LogP contribution in [-0.4, -0.2) is 22.3 Å². The van der Waals surface area contributed by atoms with Crippen molar-refractivity contribution in [2.75, 3.05) is 11.6 Å². The van der Waals surface area contributed by atoms with Crippen molar-refractivity contribution < 1.29 is 9.72 Å². The first kappa shape index (κ1) is 13.2. The largest absolute Gasteiger partial charge is 0.298 e. The summed E-state index contributed by atoms with van der Waals surface area (Å²) in [6.45, 7) is 0. The van der Waals surface area contributed by atoms with Crippen molar-refractivity contribution in [3.05, 3.63) is 33.9 Å². The van der Waals surface area contributed by atoms with Crippen LogP contribution in [0.5, 0.6) is 0 Å². The molecule has 0 aliphatic carbocycles. The third-order valence-corrected chi connectivity index (χ3v) is 3.46. The number of halogens is 1. The summed E-state index contributed by atoms with van der Waals surface area (Å²) in [7, 11) is 0. The summed E-state index contributed by atoms with van der Waals surface area (Å²) in [6.07, 6.45) is 2.14. The van der Waals surface area contributed by atoms with Crippen LogP contribution in [0.3, 0.4) is 0 Å². The zero-order valence-electron chi connectivity index (χ0n) is 8.60. The van der Waals surface area contributed by atoms with Crippen molar-refractivity contribution in [3.63, 3.8) is 0 Å². The Kier molecular flexibility index (Phi) is 4.95. The van der Waals surface area contributed by atoms with Gasteiger partial charge in [-0.05, 0) is 11.8 Å². The zero-order chi connectivity index (χ0) is 12.1. The molecule has 1 rings (SSSR count). The molecule has 1 aromatic rings. The van der Waals surface area contributed by atoms with Gasteiger partial charge in [-0.2, -0.15) is 0 Å². The number of hydrogen-bond donors (Lipinski definition) is 0. The van der Waals surface area contributed by atoms with Gasteiger partial charge in [0.15, 0.2) is 0 Å². The highest BCUT2D eigenvalue weighted by Crippen LogP contribution is 2.26. The molecule has 86 valence electrons. The zero-order valence-corrected chi connectivity index (χ0v) is 11.0. The third-order valence-electron chi connectivity index (χ3n) is 2.02. The molecule has 0 amide bonds. The van der Waals surface area contributed by atoms with Crippen molar-refractivity contribution >= 4 is 39.2 Å². The summed E-state index contributed by atoms with van der Waals surface area (Å²) in [5.41, 5.74) is 0.891. The van der Waals surface area contributed by atoms with E-state index in [0.717, 1.165) is 10.5 Å². The highest BCUT2D eigenvalue weighted by molar-refractivity contribution is 9.09. The molecule has 4 nitrogen and oxygen atoms in total. The van der Waals surface area contributed by atoms with Crippen LogP contribution in [0.25, 0.3) is 0 Å². The molecule has 0 heterocycles. The van der Waals surface area contributed by atoms with E-state index in [9.17, 15) is 14.9 Å². The minimum atomic E-state index is -0.435. The summed E-state index contributed by atoms with van der Waals surface area (Å²) in [6, 6.07) is 4.57. The number of hydrogen-bond acceptors (Lipinski definition) is 4. The monoisotopic (exact) mass is 303 g/mol. The van der Waals surface area contributed by atoms with E-state index in [-0.39, 0.29) is 11.5 Å². The number of ketones is 1. The molecule has 16 heavy (non-hydrogen) atoms. The van der Waals surface area contributed by atoms with Crippen LogP contribution < -0.4 is 0 Å². The van der Waals surface area contributed by atoms with Crippen molar-refractivity contribution in [1.29, 1.82) is 0 Å². The van der Waals surface area contributed by atoms with E-state index < -0.39 is 4.92 Å². The molecule has 0 unspecified atom stereocenters. The fraction of sp³-hybridized carbons (Fsp3) is 0.300. The smallest absolute Gasteiger partial charge is 0.270 e. The molecule has 0 aliphatic rings. The fourth-order valence-corrected chi connectivity index (χ4v) is 2.09. The summed E-state index contributed by atoms with van der Waals surface area (Å²) in [5, 5.41) is 10.9. The molecule has 0 N–H and O–H groups in total. The van der Waals surface area contributed by atoms with E-state index in [2.05, 4.69) is 15.9 Å². The molecule has 0 radical (unpaired) electrons. The van der Waals surface area contributed by atoms with Gasteiger partial charge in [0.25, 0.3) is 5.69 Å². The maximum absolute atomic E-state index is 11.3. The minimum Gasteiger partial charge on any atom is -0.298 e. The topological polar surface area (TPSA) is 60.2 Å². The van der Waals surface area contributed by atoms with E-state index in [1.165, 1.54) is 23.9 Å². The van der Waals surface area contributed by atoms with Crippen molar-refractivity contribution in [2.45, 2.75) is 11.3 Å². The van der Waals surface area contributed by atoms with E-state index in [1.807, 2.05) is 6.26 Å². The first-order valence-corrected chi connectivity index (χ1v) is 6.82. The van der Waals surface area contributed by atoms with Crippen LogP contribution in [0.4, 0.5) is 5.69 Å². The Balaban J connectivity index is 3.02. The van der Waals surface area contributed by atoms with Gasteiger partial charge in [-0.3, -0.25) is 14.9 Å². The average molecular weight is 304 g/mol. The van der Waals surface area contributed by atoms with Gasteiger partial charge in [0.2, 0.25) is 0 Å². The van der Waals surface area contributed by atoms with E-state index in [4.69, 9.17) is 0 Å². The number of carbonyl (C=O) groups excluding carboxylic acids is 1. The third kappa shape index (κ3) is 3.31. The molecular weight excluding hydrogens is 294 g/mol. The number of carbonyl (C=O) groups is 1. The van der Waals surface area contributed by atoms with Crippen molar-refractivity contribution in [2.24, 2.45) is 0 Å². The molecule has 0 bridgehead atoms. The van der Waals surface area contributed by atoms with Gasteiger partial charge < -0.3 is 0 Å². The van der Waals surface area contributed by atoms with E-state index in [0.29, 0.717) is 11.8 Å². The van der Waals surface area contributed by atoms with Gasteiger partial charge in [-0.25, -0.2) is 0 Å². The maximum Gasteiger partial charge on any atom is 0.270 e. The molecule has 0 fully saturated rings. The predicted molar refractivity (Wildman–Crippen MR) is 67.4 cm³/mol. The van der Waals surface area contributed by atoms with Crippen LogP contribution in [0.2, 0.25) is 0 Å².